The molecule has 0 saturated carbocycles. The van der Waals surface area contributed by atoms with Crippen LogP contribution in [0.5, 0.6) is 0 Å². The van der Waals surface area contributed by atoms with Crippen molar-refractivity contribution in [1.82, 2.24) is 5.32 Å². The monoisotopic (exact) mass is 324 g/mol. The molecule has 0 aliphatic rings. The van der Waals surface area contributed by atoms with Crippen molar-refractivity contribution in [2.75, 3.05) is 25.6 Å². The van der Waals surface area contributed by atoms with Gasteiger partial charge in [-0.2, -0.15) is 13.2 Å². The second-order valence-electron chi connectivity index (χ2n) is 4.34. The fourth-order valence-corrected chi connectivity index (χ4v) is 1.71. The summed E-state index contributed by atoms with van der Waals surface area (Å²) in [6.07, 6.45) is -4.47. The molecule has 0 bridgehead atoms. The molecule has 8 heteroatoms. The van der Waals surface area contributed by atoms with E-state index in [-0.39, 0.29) is 16.6 Å². The molecule has 0 spiro atoms. The summed E-state index contributed by atoms with van der Waals surface area (Å²) in [5.41, 5.74) is -0.776. The van der Waals surface area contributed by atoms with Crippen LogP contribution in [0.3, 0.4) is 0 Å². The SMILES string of the molecule is COCCNC(=O)C(C)Nc1cc(C(F)(F)F)ccc1Cl. The van der Waals surface area contributed by atoms with Gasteiger partial charge in [0.25, 0.3) is 0 Å². The van der Waals surface area contributed by atoms with Crippen LogP contribution in [0.15, 0.2) is 18.2 Å². The van der Waals surface area contributed by atoms with Crippen molar-refractivity contribution >= 4 is 23.2 Å². The van der Waals surface area contributed by atoms with Gasteiger partial charge in [-0.15, -0.1) is 0 Å². The Morgan fingerprint density at radius 1 is 1.43 bits per heavy atom. The minimum Gasteiger partial charge on any atom is -0.383 e. The Kier molecular flexibility index (Phi) is 6.29. The number of ether oxygens (including phenoxy) is 1. The summed E-state index contributed by atoms with van der Waals surface area (Å²) >= 11 is 5.84. The molecule has 2 N–H and O–H groups in total. The summed E-state index contributed by atoms with van der Waals surface area (Å²) < 4.78 is 42.7. The maximum absolute atomic E-state index is 12.6. The van der Waals surface area contributed by atoms with Crippen molar-refractivity contribution in [3.8, 4) is 0 Å². The van der Waals surface area contributed by atoms with Crippen LogP contribution >= 0.6 is 11.6 Å². The maximum atomic E-state index is 12.6. The second-order valence-corrected chi connectivity index (χ2v) is 4.75. The van der Waals surface area contributed by atoms with Gasteiger partial charge >= 0.3 is 6.18 Å². The third kappa shape index (κ3) is 5.43. The van der Waals surface area contributed by atoms with Gasteiger partial charge in [-0.1, -0.05) is 11.6 Å². The molecule has 0 aliphatic carbocycles. The highest BCUT2D eigenvalue weighted by Crippen LogP contribution is 2.33. The Balaban J connectivity index is 2.75. The molecule has 0 saturated heterocycles. The number of alkyl halides is 3. The Morgan fingerprint density at radius 2 is 2.10 bits per heavy atom. The third-order valence-electron chi connectivity index (χ3n) is 2.66. The maximum Gasteiger partial charge on any atom is 0.416 e. The average Bonchev–Trinajstić information content (AvgIpc) is 2.40. The van der Waals surface area contributed by atoms with Crippen molar-refractivity contribution in [2.45, 2.75) is 19.1 Å². The van der Waals surface area contributed by atoms with Gasteiger partial charge in [0.15, 0.2) is 0 Å². The van der Waals surface area contributed by atoms with Gasteiger partial charge < -0.3 is 15.4 Å². The first-order valence-electron chi connectivity index (χ1n) is 6.15. The van der Waals surface area contributed by atoms with Gasteiger partial charge in [0.05, 0.1) is 22.9 Å². The van der Waals surface area contributed by atoms with Gasteiger partial charge in [0.2, 0.25) is 5.91 Å². The van der Waals surface area contributed by atoms with E-state index < -0.39 is 17.8 Å². The number of hydrogen-bond acceptors (Lipinski definition) is 3. The molecule has 1 rings (SSSR count). The van der Waals surface area contributed by atoms with Crippen LogP contribution in [0.25, 0.3) is 0 Å². The molecular formula is C13H16ClF3N2O2. The predicted octanol–water partition coefficient (Wildman–Crippen LogP) is 2.92. The molecule has 0 radical (unpaired) electrons. The summed E-state index contributed by atoms with van der Waals surface area (Å²) in [6, 6.07) is 2.17. The lowest BCUT2D eigenvalue weighted by Gasteiger charge is -2.17. The number of rotatable bonds is 6. The van der Waals surface area contributed by atoms with Gasteiger partial charge in [0, 0.05) is 13.7 Å². The molecule has 118 valence electrons. The number of methoxy groups -OCH3 is 1. The van der Waals surface area contributed by atoms with E-state index in [0.717, 1.165) is 18.2 Å². The van der Waals surface area contributed by atoms with Crippen LogP contribution in [0.1, 0.15) is 12.5 Å². The van der Waals surface area contributed by atoms with Crippen molar-refractivity contribution in [1.29, 1.82) is 0 Å². The lowest BCUT2D eigenvalue weighted by atomic mass is 10.1. The molecular weight excluding hydrogens is 309 g/mol. The van der Waals surface area contributed by atoms with Crippen LogP contribution in [-0.2, 0) is 15.7 Å². The van der Waals surface area contributed by atoms with E-state index in [1.807, 2.05) is 0 Å². The van der Waals surface area contributed by atoms with Gasteiger partial charge in [-0.3, -0.25) is 4.79 Å². The van der Waals surface area contributed by atoms with E-state index in [1.54, 1.807) is 0 Å². The lowest BCUT2D eigenvalue weighted by molar-refractivity contribution is -0.137. The first-order chi connectivity index (χ1) is 9.75. The Labute approximate surface area is 125 Å². The first kappa shape index (κ1) is 17.6. The molecule has 1 atom stereocenters. The Hall–Kier alpha value is -1.47. The molecule has 1 amide bonds. The highest BCUT2D eigenvalue weighted by Gasteiger charge is 2.31. The van der Waals surface area contributed by atoms with Crippen LogP contribution in [-0.4, -0.2) is 32.2 Å². The van der Waals surface area contributed by atoms with Gasteiger partial charge in [-0.05, 0) is 25.1 Å². The van der Waals surface area contributed by atoms with E-state index in [1.165, 1.54) is 14.0 Å². The van der Waals surface area contributed by atoms with E-state index in [0.29, 0.717) is 13.2 Å². The zero-order chi connectivity index (χ0) is 16.0. The summed E-state index contributed by atoms with van der Waals surface area (Å²) in [7, 11) is 1.50. The summed E-state index contributed by atoms with van der Waals surface area (Å²) in [5, 5.41) is 5.35. The smallest absolute Gasteiger partial charge is 0.383 e. The molecule has 0 aliphatic heterocycles. The lowest BCUT2D eigenvalue weighted by Crippen LogP contribution is -2.39. The van der Waals surface area contributed by atoms with Crippen LogP contribution in [0, 0.1) is 0 Å². The normalized spacial score (nSPS) is 12.9. The van der Waals surface area contributed by atoms with E-state index in [2.05, 4.69) is 10.6 Å². The molecule has 21 heavy (non-hydrogen) atoms. The molecule has 1 aromatic carbocycles. The standard InChI is InChI=1S/C13H16ClF3N2O2/c1-8(12(20)18-5-6-21-2)19-11-7-9(13(15,16)17)3-4-10(11)14/h3-4,7-8,19H,5-6H2,1-2H3,(H,18,20). The van der Waals surface area contributed by atoms with Crippen LogP contribution in [0.2, 0.25) is 5.02 Å². The van der Waals surface area contributed by atoms with Crippen molar-refractivity contribution in [3.63, 3.8) is 0 Å². The van der Waals surface area contributed by atoms with Gasteiger partial charge in [-0.25, -0.2) is 0 Å². The fourth-order valence-electron chi connectivity index (χ4n) is 1.54. The number of anilines is 1. The molecule has 1 unspecified atom stereocenters. The zero-order valence-corrected chi connectivity index (χ0v) is 12.3. The van der Waals surface area contributed by atoms with Gasteiger partial charge in [0.1, 0.15) is 6.04 Å². The Morgan fingerprint density at radius 3 is 2.67 bits per heavy atom. The first-order valence-corrected chi connectivity index (χ1v) is 6.53. The van der Waals surface area contributed by atoms with E-state index in [4.69, 9.17) is 16.3 Å². The van der Waals surface area contributed by atoms with Crippen molar-refractivity contribution in [2.24, 2.45) is 0 Å². The van der Waals surface area contributed by atoms with E-state index >= 15 is 0 Å². The van der Waals surface area contributed by atoms with E-state index in [9.17, 15) is 18.0 Å². The summed E-state index contributed by atoms with van der Waals surface area (Å²) in [4.78, 5) is 11.7. The number of carbonyl (C=O) groups is 1. The quantitative estimate of drug-likeness (QED) is 0.791. The number of hydrogen-bond donors (Lipinski definition) is 2. The molecule has 4 nitrogen and oxygen atoms in total. The number of nitrogens with one attached hydrogen (secondary N) is 2. The van der Waals surface area contributed by atoms with Crippen molar-refractivity contribution in [3.05, 3.63) is 28.8 Å². The molecule has 0 heterocycles. The second kappa shape index (κ2) is 7.51. The number of halogens is 4. The minimum atomic E-state index is -4.47. The van der Waals surface area contributed by atoms with Crippen LogP contribution < -0.4 is 10.6 Å². The number of benzene rings is 1. The predicted molar refractivity (Wildman–Crippen MR) is 74.4 cm³/mol. The third-order valence-corrected chi connectivity index (χ3v) is 2.99. The molecule has 0 fully saturated rings. The highest BCUT2D eigenvalue weighted by molar-refractivity contribution is 6.33. The average molecular weight is 325 g/mol. The Bertz CT molecular complexity index is 495. The van der Waals surface area contributed by atoms with Crippen molar-refractivity contribution < 1.29 is 22.7 Å². The minimum absolute atomic E-state index is 0.0564. The topological polar surface area (TPSA) is 50.4 Å². The summed E-state index contributed by atoms with van der Waals surface area (Å²) in [5.74, 6) is -0.361. The number of carbonyl (C=O) groups excluding carboxylic acids is 1. The molecule has 1 aromatic rings. The number of amides is 1. The summed E-state index contributed by atoms with van der Waals surface area (Å²) in [6.45, 7) is 2.19. The zero-order valence-electron chi connectivity index (χ0n) is 11.6. The largest absolute Gasteiger partial charge is 0.416 e. The molecule has 0 aromatic heterocycles. The van der Waals surface area contributed by atoms with Crippen LogP contribution in [0.4, 0.5) is 18.9 Å². The highest BCUT2D eigenvalue weighted by atomic mass is 35.5. The fraction of sp³-hybridized carbons (Fsp3) is 0.462.